The Bertz CT molecular complexity index is 701. The van der Waals surface area contributed by atoms with Crippen molar-refractivity contribution in [1.82, 2.24) is 20.4 Å². The molecule has 1 aliphatic rings. The number of aryl methyl sites for hydroxylation is 3. The van der Waals surface area contributed by atoms with Crippen LogP contribution in [0.25, 0.3) is 0 Å². The molecule has 0 spiro atoms. The fourth-order valence-electron chi connectivity index (χ4n) is 3.31. The molecule has 1 atom stereocenters. The van der Waals surface area contributed by atoms with E-state index in [0.29, 0.717) is 12.5 Å². The molecule has 5 heteroatoms. The van der Waals surface area contributed by atoms with Gasteiger partial charge in [-0.2, -0.15) is 5.10 Å². The maximum atomic E-state index is 12.3. The SMILES string of the molecule is Cc1cc(C)n(CCCNC(=O)c2cccc([C@H]3CCNC3)c2)n1. The zero-order valence-electron chi connectivity index (χ0n) is 14.5. The molecule has 0 radical (unpaired) electrons. The number of hydrogen-bond acceptors (Lipinski definition) is 3. The number of amides is 1. The number of nitrogens with one attached hydrogen (secondary N) is 2. The standard InChI is InChI=1S/C19H26N4O/c1-14-11-15(2)23(22-14)10-4-8-21-19(24)17-6-3-5-16(12-17)18-7-9-20-13-18/h3,5-6,11-12,18,20H,4,7-10,13H2,1-2H3,(H,21,24)/t18-/m0/s1. The molecule has 1 amide bonds. The lowest BCUT2D eigenvalue weighted by Crippen LogP contribution is -2.25. The second-order valence-corrected chi connectivity index (χ2v) is 6.57. The first kappa shape index (κ1) is 16.7. The summed E-state index contributed by atoms with van der Waals surface area (Å²) in [4.78, 5) is 12.3. The van der Waals surface area contributed by atoms with Crippen LogP contribution in [0, 0.1) is 13.8 Å². The van der Waals surface area contributed by atoms with Crippen LogP contribution in [0.15, 0.2) is 30.3 Å². The monoisotopic (exact) mass is 326 g/mol. The minimum absolute atomic E-state index is 0.0103. The summed E-state index contributed by atoms with van der Waals surface area (Å²) in [5.41, 5.74) is 4.22. The van der Waals surface area contributed by atoms with Gasteiger partial charge >= 0.3 is 0 Å². The zero-order chi connectivity index (χ0) is 16.9. The highest BCUT2D eigenvalue weighted by Gasteiger charge is 2.17. The van der Waals surface area contributed by atoms with E-state index in [1.807, 2.05) is 29.8 Å². The summed E-state index contributed by atoms with van der Waals surface area (Å²) in [7, 11) is 0. The van der Waals surface area contributed by atoms with Crippen molar-refractivity contribution in [2.45, 2.75) is 39.2 Å². The minimum Gasteiger partial charge on any atom is -0.352 e. The fraction of sp³-hybridized carbons (Fsp3) is 0.474. The number of nitrogens with zero attached hydrogens (tertiary/aromatic N) is 2. The first-order valence-corrected chi connectivity index (χ1v) is 8.73. The van der Waals surface area contributed by atoms with Gasteiger partial charge in [0.15, 0.2) is 0 Å². The van der Waals surface area contributed by atoms with E-state index in [4.69, 9.17) is 0 Å². The van der Waals surface area contributed by atoms with Crippen molar-refractivity contribution in [3.63, 3.8) is 0 Å². The summed E-state index contributed by atoms with van der Waals surface area (Å²) in [5, 5.41) is 10.8. The molecule has 1 aliphatic heterocycles. The lowest BCUT2D eigenvalue weighted by molar-refractivity contribution is 0.0952. The summed E-state index contributed by atoms with van der Waals surface area (Å²) in [6.45, 7) is 7.61. The van der Waals surface area contributed by atoms with Crippen molar-refractivity contribution in [1.29, 1.82) is 0 Å². The Balaban J connectivity index is 1.50. The second-order valence-electron chi connectivity index (χ2n) is 6.57. The lowest BCUT2D eigenvalue weighted by atomic mass is 9.96. The largest absolute Gasteiger partial charge is 0.352 e. The molecule has 0 aliphatic carbocycles. The minimum atomic E-state index is 0.0103. The van der Waals surface area contributed by atoms with E-state index in [-0.39, 0.29) is 5.91 Å². The van der Waals surface area contributed by atoms with Gasteiger partial charge in [0.1, 0.15) is 0 Å². The Hall–Kier alpha value is -2.14. The topological polar surface area (TPSA) is 59.0 Å². The lowest BCUT2D eigenvalue weighted by Gasteiger charge is -2.11. The molecular weight excluding hydrogens is 300 g/mol. The summed E-state index contributed by atoms with van der Waals surface area (Å²) in [6, 6.07) is 10.1. The van der Waals surface area contributed by atoms with Gasteiger partial charge in [0.05, 0.1) is 5.69 Å². The van der Waals surface area contributed by atoms with Crippen LogP contribution in [0.3, 0.4) is 0 Å². The smallest absolute Gasteiger partial charge is 0.251 e. The molecule has 1 aromatic carbocycles. The third-order valence-electron chi connectivity index (χ3n) is 4.62. The number of rotatable bonds is 6. The first-order chi connectivity index (χ1) is 11.6. The van der Waals surface area contributed by atoms with Gasteiger partial charge in [-0.3, -0.25) is 9.48 Å². The van der Waals surface area contributed by atoms with Crippen LogP contribution < -0.4 is 10.6 Å². The molecule has 0 unspecified atom stereocenters. The predicted octanol–water partition coefficient (Wildman–Crippen LogP) is 2.40. The Morgan fingerprint density at radius 1 is 1.38 bits per heavy atom. The van der Waals surface area contributed by atoms with Crippen LogP contribution in [-0.2, 0) is 6.54 Å². The van der Waals surface area contributed by atoms with Crippen molar-refractivity contribution in [3.8, 4) is 0 Å². The normalized spacial score (nSPS) is 17.2. The molecule has 24 heavy (non-hydrogen) atoms. The highest BCUT2D eigenvalue weighted by Crippen LogP contribution is 2.22. The fourth-order valence-corrected chi connectivity index (χ4v) is 3.31. The van der Waals surface area contributed by atoms with E-state index in [9.17, 15) is 4.79 Å². The quantitative estimate of drug-likeness (QED) is 0.802. The molecule has 5 nitrogen and oxygen atoms in total. The van der Waals surface area contributed by atoms with Gasteiger partial charge in [-0.15, -0.1) is 0 Å². The van der Waals surface area contributed by atoms with Crippen molar-refractivity contribution >= 4 is 5.91 Å². The van der Waals surface area contributed by atoms with E-state index >= 15 is 0 Å². The van der Waals surface area contributed by atoms with Crippen LogP contribution in [-0.4, -0.2) is 35.3 Å². The van der Waals surface area contributed by atoms with Crippen LogP contribution in [0.5, 0.6) is 0 Å². The average Bonchev–Trinajstić information content (AvgIpc) is 3.21. The third kappa shape index (κ3) is 4.03. The van der Waals surface area contributed by atoms with Gasteiger partial charge in [0.2, 0.25) is 0 Å². The zero-order valence-corrected chi connectivity index (χ0v) is 14.5. The predicted molar refractivity (Wildman–Crippen MR) is 95.3 cm³/mol. The van der Waals surface area contributed by atoms with E-state index < -0.39 is 0 Å². The van der Waals surface area contributed by atoms with Crippen LogP contribution in [0.2, 0.25) is 0 Å². The van der Waals surface area contributed by atoms with Gasteiger partial charge in [-0.25, -0.2) is 0 Å². The number of hydrogen-bond donors (Lipinski definition) is 2. The van der Waals surface area contributed by atoms with E-state index in [2.05, 4.69) is 34.8 Å². The molecule has 0 saturated carbocycles. The molecular formula is C19H26N4O. The molecule has 128 valence electrons. The van der Waals surface area contributed by atoms with Gasteiger partial charge < -0.3 is 10.6 Å². The van der Waals surface area contributed by atoms with Gasteiger partial charge in [0, 0.05) is 30.9 Å². The maximum absolute atomic E-state index is 12.3. The molecule has 2 N–H and O–H groups in total. The molecule has 3 rings (SSSR count). The Morgan fingerprint density at radius 2 is 2.25 bits per heavy atom. The Labute approximate surface area is 143 Å². The molecule has 0 bridgehead atoms. The number of carbonyl (C=O) groups is 1. The third-order valence-corrected chi connectivity index (χ3v) is 4.62. The van der Waals surface area contributed by atoms with Crippen molar-refractivity contribution < 1.29 is 4.79 Å². The number of carbonyl (C=O) groups excluding carboxylic acids is 1. The highest BCUT2D eigenvalue weighted by molar-refractivity contribution is 5.94. The molecule has 2 aromatic rings. The molecule has 1 saturated heterocycles. The van der Waals surface area contributed by atoms with Crippen LogP contribution in [0.4, 0.5) is 0 Å². The van der Waals surface area contributed by atoms with E-state index in [1.54, 1.807) is 0 Å². The van der Waals surface area contributed by atoms with E-state index in [1.165, 1.54) is 5.56 Å². The average molecular weight is 326 g/mol. The van der Waals surface area contributed by atoms with Crippen LogP contribution in [0.1, 0.15) is 46.1 Å². The van der Waals surface area contributed by atoms with Gasteiger partial charge in [0.25, 0.3) is 5.91 Å². The van der Waals surface area contributed by atoms with Gasteiger partial charge in [-0.05, 0) is 62.9 Å². The maximum Gasteiger partial charge on any atom is 0.251 e. The van der Waals surface area contributed by atoms with Crippen molar-refractivity contribution in [2.75, 3.05) is 19.6 Å². The summed E-state index contributed by atoms with van der Waals surface area (Å²) >= 11 is 0. The first-order valence-electron chi connectivity index (χ1n) is 8.73. The number of benzene rings is 1. The summed E-state index contributed by atoms with van der Waals surface area (Å²) < 4.78 is 2.00. The van der Waals surface area contributed by atoms with E-state index in [0.717, 1.165) is 49.4 Å². The van der Waals surface area contributed by atoms with Crippen LogP contribution >= 0.6 is 0 Å². The summed E-state index contributed by atoms with van der Waals surface area (Å²) in [6.07, 6.45) is 2.02. The molecule has 1 fully saturated rings. The molecule has 2 heterocycles. The second kappa shape index (κ2) is 7.62. The summed E-state index contributed by atoms with van der Waals surface area (Å²) in [5.74, 6) is 0.542. The Morgan fingerprint density at radius 3 is 2.96 bits per heavy atom. The molecule has 1 aromatic heterocycles. The van der Waals surface area contributed by atoms with Crippen molar-refractivity contribution in [2.24, 2.45) is 0 Å². The number of aromatic nitrogens is 2. The van der Waals surface area contributed by atoms with Crippen molar-refractivity contribution in [3.05, 3.63) is 52.8 Å². The van der Waals surface area contributed by atoms with Gasteiger partial charge in [-0.1, -0.05) is 12.1 Å². The Kier molecular flexibility index (Phi) is 5.30. The highest BCUT2D eigenvalue weighted by atomic mass is 16.1.